The molecule has 1 aromatic carbocycles. The minimum atomic E-state index is -1.08. The fraction of sp³-hybridized carbons (Fsp3) is 0.133. The van der Waals surface area contributed by atoms with Crippen LogP contribution in [0.15, 0.2) is 40.4 Å². The lowest BCUT2D eigenvalue weighted by Gasteiger charge is -2.12. The number of carboxylic acid groups (broad SMARTS) is 1. The summed E-state index contributed by atoms with van der Waals surface area (Å²) in [5, 5.41) is 18.2. The quantitative estimate of drug-likeness (QED) is 0.600. The second-order valence-electron chi connectivity index (χ2n) is 5.02. The van der Waals surface area contributed by atoms with E-state index >= 15 is 0 Å². The van der Waals surface area contributed by atoms with E-state index in [1.807, 2.05) is 6.07 Å². The fourth-order valence-corrected chi connectivity index (χ4v) is 2.44. The van der Waals surface area contributed by atoms with Gasteiger partial charge in [0, 0.05) is 18.9 Å². The lowest BCUT2D eigenvalue weighted by atomic mass is 10.1. The van der Waals surface area contributed by atoms with E-state index < -0.39 is 17.1 Å². The molecular weight excluding hydrogens is 330 g/mol. The number of H-pyrrole nitrogens is 1. The fourth-order valence-electron chi connectivity index (χ4n) is 2.44. The standard InChI is InChI=1S/C15H11N5O4.H2O/c16-7-9-5-10-12(6-11(9)19-4-2-17-8-19)20(3-1-13(21)22)15(24)14(23)18-10;/h2,4-6,8H,1,3H2,(H,18,23)(H,21,22);1H2. The van der Waals surface area contributed by atoms with Crippen LogP contribution in [0.3, 0.4) is 0 Å². The van der Waals surface area contributed by atoms with Crippen LogP contribution in [0.5, 0.6) is 0 Å². The van der Waals surface area contributed by atoms with Crippen molar-refractivity contribution >= 4 is 17.0 Å². The minimum absolute atomic E-state index is 0. The van der Waals surface area contributed by atoms with Crippen LogP contribution in [0, 0.1) is 11.3 Å². The molecule has 0 atom stereocenters. The van der Waals surface area contributed by atoms with Crippen molar-refractivity contribution in [1.29, 1.82) is 5.26 Å². The molecule has 0 aliphatic heterocycles. The Kier molecular flexibility index (Phi) is 4.81. The number of aliphatic carboxylic acids is 1. The molecule has 0 amide bonds. The Morgan fingerprint density at radius 2 is 2.12 bits per heavy atom. The van der Waals surface area contributed by atoms with E-state index in [0.717, 1.165) is 4.57 Å². The first-order valence-corrected chi connectivity index (χ1v) is 6.92. The average molecular weight is 343 g/mol. The van der Waals surface area contributed by atoms with Crippen LogP contribution in [0.25, 0.3) is 16.7 Å². The van der Waals surface area contributed by atoms with E-state index in [9.17, 15) is 19.6 Å². The Morgan fingerprint density at radius 1 is 1.36 bits per heavy atom. The van der Waals surface area contributed by atoms with Crippen LogP contribution in [0.1, 0.15) is 12.0 Å². The number of fused-ring (bicyclic) bond motifs is 1. The van der Waals surface area contributed by atoms with Crippen molar-refractivity contribution in [2.24, 2.45) is 0 Å². The number of aromatic nitrogens is 4. The molecule has 3 aromatic rings. The lowest BCUT2D eigenvalue weighted by molar-refractivity contribution is -0.137. The average Bonchev–Trinajstić information content (AvgIpc) is 3.08. The summed E-state index contributed by atoms with van der Waals surface area (Å²) < 4.78 is 2.69. The highest BCUT2D eigenvalue weighted by Gasteiger charge is 2.13. The van der Waals surface area contributed by atoms with E-state index in [0.29, 0.717) is 11.2 Å². The van der Waals surface area contributed by atoms with Crippen molar-refractivity contribution in [2.45, 2.75) is 13.0 Å². The van der Waals surface area contributed by atoms with E-state index in [1.165, 1.54) is 18.6 Å². The smallest absolute Gasteiger partial charge is 0.316 e. The number of aryl methyl sites for hydroxylation is 1. The van der Waals surface area contributed by atoms with Crippen molar-refractivity contribution in [2.75, 3.05) is 0 Å². The zero-order chi connectivity index (χ0) is 17.3. The van der Waals surface area contributed by atoms with Gasteiger partial charge in [-0.25, -0.2) is 4.98 Å². The van der Waals surface area contributed by atoms with Gasteiger partial charge in [0.15, 0.2) is 0 Å². The van der Waals surface area contributed by atoms with Crippen molar-refractivity contribution in [3.63, 3.8) is 0 Å². The number of nitrogens with zero attached hydrogens (tertiary/aromatic N) is 4. The molecule has 0 radical (unpaired) electrons. The second kappa shape index (κ2) is 6.81. The molecule has 3 rings (SSSR count). The third kappa shape index (κ3) is 3.17. The SMILES string of the molecule is N#Cc1cc2[nH]c(=O)c(=O)n(CCC(=O)O)c2cc1-n1ccnc1.O. The first-order valence-electron chi connectivity index (χ1n) is 6.92. The first kappa shape index (κ1) is 17.6. The van der Waals surface area contributed by atoms with Crippen LogP contribution in [-0.4, -0.2) is 35.7 Å². The molecule has 25 heavy (non-hydrogen) atoms. The van der Waals surface area contributed by atoms with Crippen LogP contribution >= 0.6 is 0 Å². The van der Waals surface area contributed by atoms with Gasteiger partial charge in [0.1, 0.15) is 6.07 Å². The van der Waals surface area contributed by atoms with Crippen LogP contribution in [0.4, 0.5) is 0 Å². The Morgan fingerprint density at radius 3 is 2.72 bits per heavy atom. The largest absolute Gasteiger partial charge is 0.481 e. The number of hydrogen-bond acceptors (Lipinski definition) is 5. The van der Waals surface area contributed by atoms with Crippen molar-refractivity contribution in [1.82, 2.24) is 19.1 Å². The van der Waals surface area contributed by atoms with Crippen molar-refractivity contribution in [3.05, 3.63) is 57.1 Å². The highest BCUT2D eigenvalue weighted by Crippen LogP contribution is 2.20. The van der Waals surface area contributed by atoms with Crippen LogP contribution in [0.2, 0.25) is 0 Å². The Bertz CT molecular complexity index is 1090. The summed E-state index contributed by atoms with van der Waals surface area (Å²) >= 11 is 0. The monoisotopic (exact) mass is 343 g/mol. The summed E-state index contributed by atoms with van der Waals surface area (Å²) in [4.78, 5) is 41.0. The number of carbonyl (C=O) groups is 1. The molecule has 0 fully saturated rings. The van der Waals surface area contributed by atoms with Gasteiger partial charge in [-0.05, 0) is 12.1 Å². The van der Waals surface area contributed by atoms with Gasteiger partial charge in [-0.1, -0.05) is 0 Å². The maximum atomic E-state index is 12.1. The molecule has 0 unspecified atom stereocenters. The van der Waals surface area contributed by atoms with Gasteiger partial charge in [0.25, 0.3) is 0 Å². The van der Waals surface area contributed by atoms with Gasteiger partial charge < -0.3 is 24.7 Å². The zero-order valence-electron chi connectivity index (χ0n) is 12.8. The summed E-state index contributed by atoms with van der Waals surface area (Å²) in [5.74, 6) is -1.08. The predicted molar refractivity (Wildman–Crippen MR) is 86.5 cm³/mol. The topological polar surface area (TPSA) is 165 Å². The van der Waals surface area contributed by atoms with Gasteiger partial charge in [-0.2, -0.15) is 5.26 Å². The molecule has 4 N–H and O–H groups in total. The predicted octanol–water partition coefficient (Wildman–Crippen LogP) is -0.603. The maximum Gasteiger partial charge on any atom is 0.316 e. The Labute approximate surface area is 139 Å². The number of hydrogen-bond donors (Lipinski definition) is 2. The summed E-state index contributed by atoms with van der Waals surface area (Å²) in [6.45, 7) is -0.149. The summed E-state index contributed by atoms with van der Waals surface area (Å²) in [6.07, 6.45) is 4.36. The van der Waals surface area contributed by atoms with Crippen molar-refractivity contribution < 1.29 is 15.4 Å². The summed E-state index contributed by atoms with van der Waals surface area (Å²) in [5.41, 5.74) is -0.344. The normalized spacial score (nSPS) is 10.2. The molecule has 0 saturated carbocycles. The molecule has 0 spiro atoms. The van der Waals surface area contributed by atoms with Gasteiger partial charge in [0.05, 0.1) is 35.0 Å². The van der Waals surface area contributed by atoms with Crippen LogP contribution < -0.4 is 11.1 Å². The molecule has 2 aromatic heterocycles. The number of aromatic amines is 1. The third-order valence-electron chi connectivity index (χ3n) is 3.54. The molecule has 10 heteroatoms. The van der Waals surface area contributed by atoms with Gasteiger partial charge in [-0.3, -0.25) is 14.4 Å². The molecule has 10 nitrogen and oxygen atoms in total. The number of benzene rings is 1. The first-order chi connectivity index (χ1) is 11.5. The molecule has 2 heterocycles. The molecule has 0 aliphatic rings. The molecule has 128 valence electrons. The van der Waals surface area contributed by atoms with E-state index in [2.05, 4.69) is 9.97 Å². The molecular formula is C15H13N5O5. The highest BCUT2D eigenvalue weighted by atomic mass is 16.4. The molecule has 0 aliphatic carbocycles. The third-order valence-corrected chi connectivity index (χ3v) is 3.54. The van der Waals surface area contributed by atoms with E-state index in [4.69, 9.17) is 5.11 Å². The summed E-state index contributed by atoms with van der Waals surface area (Å²) in [7, 11) is 0. The van der Waals surface area contributed by atoms with Gasteiger partial charge in [-0.15, -0.1) is 0 Å². The number of carboxylic acids is 1. The highest BCUT2D eigenvalue weighted by molar-refractivity contribution is 5.80. The molecule has 0 saturated heterocycles. The van der Waals surface area contributed by atoms with Crippen molar-refractivity contribution in [3.8, 4) is 11.8 Å². The minimum Gasteiger partial charge on any atom is -0.481 e. The Balaban J connectivity index is 0.00000225. The molecule has 0 bridgehead atoms. The Hall–Kier alpha value is -3.71. The number of rotatable bonds is 4. The number of nitriles is 1. The number of nitrogens with one attached hydrogen (secondary N) is 1. The lowest BCUT2D eigenvalue weighted by Crippen LogP contribution is -2.36. The summed E-state index contributed by atoms with van der Waals surface area (Å²) in [6, 6.07) is 5.03. The van der Waals surface area contributed by atoms with Gasteiger partial charge in [0.2, 0.25) is 0 Å². The van der Waals surface area contributed by atoms with Crippen LogP contribution in [-0.2, 0) is 11.3 Å². The van der Waals surface area contributed by atoms with E-state index in [-0.39, 0.29) is 29.5 Å². The van der Waals surface area contributed by atoms with Gasteiger partial charge >= 0.3 is 17.1 Å². The van der Waals surface area contributed by atoms with E-state index in [1.54, 1.807) is 16.8 Å². The number of imidazole rings is 1. The second-order valence-corrected chi connectivity index (χ2v) is 5.02. The zero-order valence-corrected chi connectivity index (χ0v) is 12.8. The maximum absolute atomic E-state index is 12.1.